The first kappa shape index (κ1) is 29.5. The molecular weight excluding hydrogens is 590 g/mol. The first-order valence-electron chi connectivity index (χ1n) is 14.1. The number of carbonyl (C=O) groups excluding carboxylic acids is 2. The first-order chi connectivity index (χ1) is 21.0. The molecule has 0 unspecified atom stereocenters. The lowest BCUT2D eigenvalue weighted by Crippen LogP contribution is -2.43. The molecule has 4 aromatic rings. The molecule has 0 bridgehead atoms. The van der Waals surface area contributed by atoms with Gasteiger partial charge in [0.2, 0.25) is 10.0 Å². The van der Waals surface area contributed by atoms with Crippen molar-refractivity contribution in [1.29, 1.82) is 0 Å². The van der Waals surface area contributed by atoms with Crippen LogP contribution in [0.25, 0.3) is 22.3 Å². The number of hydrogen-bond acceptors (Lipinski definition) is 6. The number of likely N-dealkylation sites (tertiary alicyclic amines) is 1. The van der Waals surface area contributed by atoms with Crippen molar-refractivity contribution in [2.45, 2.75) is 25.2 Å². The smallest absolute Gasteiger partial charge is 0.268 e. The number of sulfonamides is 1. The molecule has 1 aromatic heterocycles. The summed E-state index contributed by atoms with van der Waals surface area (Å²) in [6.07, 6.45) is 2.49. The van der Waals surface area contributed by atoms with Crippen molar-refractivity contribution in [3.63, 3.8) is 0 Å². The summed E-state index contributed by atoms with van der Waals surface area (Å²) >= 11 is 0. The predicted molar refractivity (Wildman–Crippen MR) is 164 cm³/mol. The van der Waals surface area contributed by atoms with Crippen molar-refractivity contribution in [3.8, 4) is 11.3 Å². The lowest BCUT2D eigenvalue weighted by atomic mass is 9.87. The van der Waals surface area contributed by atoms with E-state index in [2.05, 4.69) is 10.3 Å². The maximum Gasteiger partial charge on any atom is 0.268 e. The topological polar surface area (TPSA) is 112 Å². The minimum Gasteiger partial charge on any atom is -0.455 e. The molecule has 0 radical (unpaired) electrons. The molecule has 1 fully saturated rings. The van der Waals surface area contributed by atoms with Gasteiger partial charge in [0.1, 0.15) is 28.7 Å². The normalized spacial score (nSPS) is 16.5. The summed E-state index contributed by atoms with van der Waals surface area (Å²) in [6.45, 7) is 0.737. The number of aliphatic imine (C=N–C) groups is 1. The highest BCUT2D eigenvalue weighted by atomic mass is 32.2. The number of hydrogen-bond donors (Lipinski definition) is 1. The van der Waals surface area contributed by atoms with E-state index in [1.54, 1.807) is 29.2 Å². The summed E-state index contributed by atoms with van der Waals surface area (Å²) in [5.74, 6) is -1.64. The van der Waals surface area contributed by atoms with E-state index in [0.717, 1.165) is 10.6 Å². The van der Waals surface area contributed by atoms with E-state index in [1.807, 2.05) is 0 Å². The summed E-state index contributed by atoms with van der Waals surface area (Å²) in [4.78, 5) is 32.8. The number of piperidine rings is 1. The molecule has 2 amide bonds. The van der Waals surface area contributed by atoms with Crippen molar-refractivity contribution in [2.75, 3.05) is 37.7 Å². The molecule has 0 spiro atoms. The second kappa shape index (κ2) is 11.2. The molecule has 228 valence electrons. The highest BCUT2D eigenvalue weighted by molar-refractivity contribution is 7.92. The fourth-order valence-corrected chi connectivity index (χ4v) is 6.50. The Morgan fingerprint density at radius 3 is 2.55 bits per heavy atom. The van der Waals surface area contributed by atoms with Gasteiger partial charge in [-0.2, -0.15) is 0 Å². The molecule has 1 N–H and O–H groups in total. The van der Waals surface area contributed by atoms with Gasteiger partial charge in [0.05, 0.1) is 23.2 Å². The Morgan fingerprint density at radius 2 is 1.86 bits per heavy atom. The SMILES string of the molecule is CNC(=O)c1c(-c2ccc(F)cc2)oc2cc(N(C)S(C)(=O)=O)c([C@H]3CCCN(C(=O)C4=Nc5cccc(F)c5C4)C3)cc12. The zero-order valence-electron chi connectivity index (χ0n) is 24.4. The Labute approximate surface area is 253 Å². The number of halogens is 2. The molecule has 0 saturated carbocycles. The Morgan fingerprint density at radius 1 is 1.11 bits per heavy atom. The van der Waals surface area contributed by atoms with Gasteiger partial charge >= 0.3 is 0 Å². The number of nitrogens with one attached hydrogen (secondary N) is 1. The van der Waals surface area contributed by atoms with E-state index in [1.165, 1.54) is 44.4 Å². The number of rotatable bonds is 6. The summed E-state index contributed by atoms with van der Waals surface area (Å²) in [5, 5.41) is 3.09. The van der Waals surface area contributed by atoms with Gasteiger partial charge in [-0.15, -0.1) is 0 Å². The quantitative estimate of drug-likeness (QED) is 0.320. The third-order valence-electron chi connectivity index (χ3n) is 8.32. The summed E-state index contributed by atoms with van der Waals surface area (Å²) in [5.41, 5.74) is 3.07. The second-order valence-electron chi connectivity index (χ2n) is 11.1. The maximum absolute atomic E-state index is 14.3. The molecule has 3 heterocycles. The summed E-state index contributed by atoms with van der Waals surface area (Å²) in [7, 11) is -0.781. The van der Waals surface area contributed by atoms with Crippen LogP contribution in [-0.4, -0.2) is 64.3 Å². The van der Waals surface area contributed by atoms with Gasteiger partial charge in [0, 0.05) is 62.1 Å². The number of fused-ring (bicyclic) bond motifs is 2. The largest absolute Gasteiger partial charge is 0.455 e. The third-order valence-corrected chi connectivity index (χ3v) is 9.52. The third kappa shape index (κ3) is 5.23. The van der Waals surface area contributed by atoms with Crippen LogP contribution < -0.4 is 9.62 Å². The van der Waals surface area contributed by atoms with Crippen LogP contribution >= 0.6 is 0 Å². The van der Waals surface area contributed by atoms with Crippen molar-refractivity contribution < 1.29 is 31.2 Å². The minimum absolute atomic E-state index is 0.104. The van der Waals surface area contributed by atoms with Gasteiger partial charge in [-0.1, -0.05) is 6.07 Å². The average Bonchev–Trinajstić information content (AvgIpc) is 3.62. The van der Waals surface area contributed by atoms with Gasteiger partial charge in [-0.05, 0) is 60.9 Å². The van der Waals surface area contributed by atoms with E-state index in [0.29, 0.717) is 52.8 Å². The van der Waals surface area contributed by atoms with Gasteiger partial charge < -0.3 is 14.6 Å². The molecule has 2 aliphatic heterocycles. The molecular formula is C32H30F2N4O5S. The van der Waals surface area contributed by atoms with E-state index < -0.39 is 27.6 Å². The van der Waals surface area contributed by atoms with Crippen LogP contribution in [0.2, 0.25) is 0 Å². The summed E-state index contributed by atoms with van der Waals surface area (Å²) in [6, 6.07) is 13.5. The van der Waals surface area contributed by atoms with Gasteiger partial charge in [0.25, 0.3) is 11.8 Å². The number of nitrogens with zero attached hydrogens (tertiary/aromatic N) is 3. The molecule has 3 aromatic carbocycles. The molecule has 2 aliphatic rings. The molecule has 1 saturated heterocycles. The Bertz CT molecular complexity index is 1950. The van der Waals surface area contributed by atoms with E-state index >= 15 is 0 Å². The molecule has 0 aliphatic carbocycles. The van der Waals surface area contributed by atoms with Gasteiger partial charge in [0.15, 0.2) is 0 Å². The maximum atomic E-state index is 14.3. The lowest BCUT2D eigenvalue weighted by Gasteiger charge is -2.35. The summed E-state index contributed by atoms with van der Waals surface area (Å²) < 4.78 is 60.8. The Kier molecular flexibility index (Phi) is 7.48. The highest BCUT2D eigenvalue weighted by Crippen LogP contribution is 2.42. The van der Waals surface area contributed by atoms with E-state index in [9.17, 15) is 26.8 Å². The van der Waals surface area contributed by atoms with Crippen molar-refractivity contribution in [2.24, 2.45) is 4.99 Å². The van der Waals surface area contributed by atoms with Crippen molar-refractivity contribution in [1.82, 2.24) is 10.2 Å². The van der Waals surface area contributed by atoms with Crippen LogP contribution in [0.1, 0.15) is 40.2 Å². The zero-order chi connectivity index (χ0) is 31.3. The standard InChI is InChI=1S/C32H30F2N4O5S/c1-35-31(39)29-23-14-21(19-6-5-13-38(17-19)32(40)26-15-22-24(34)7-4-8-25(22)36-26)27(37(2)44(3,41)42)16-28(23)43-30(29)18-9-11-20(33)12-10-18/h4,7-12,14,16,19H,5-6,13,15,17H2,1-3H3,(H,35,39)/t19-/m0/s1. The molecule has 6 rings (SSSR count). The molecule has 44 heavy (non-hydrogen) atoms. The van der Waals surface area contributed by atoms with E-state index in [-0.39, 0.29) is 47.4 Å². The van der Waals surface area contributed by atoms with Crippen LogP contribution in [0, 0.1) is 11.6 Å². The van der Waals surface area contributed by atoms with Gasteiger partial charge in [-0.25, -0.2) is 22.2 Å². The first-order valence-corrected chi connectivity index (χ1v) is 16.0. The van der Waals surface area contributed by atoms with Crippen LogP contribution in [0.5, 0.6) is 0 Å². The minimum atomic E-state index is -3.71. The van der Waals surface area contributed by atoms with Gasteiger partial charge in [-0.3, -0.25) is 13.9 Å². The predicted octanol–water partition coefficient (Wildman–Crippen LogP) is 5.17. The highest BCUT2D eigenvalue weighted by Gasteiger charge is 2.34. The fraction of sp³-hybridized carbons (Fsp3) is 0.281. The number of carbonyl (C=O) groups is 2. The number of anilines is 1. The molecule has 1 atom stereocenters. The Balaban J connectivity index is 1.43. The van der Waals surface area contributed by atoms with Crippen LogP contribution in [-0.2, 0) is 21.2 Å². The monoisotopic (exact) mass is 620 g/mol. The van der Waals surface area contributed by atoms with Crippen LogP contribution in [0.4, 0.5) is 20.2 Å². The second-order valence-corrected chi connectivity index (χ2v) is 13.1. The zero-order valence-corrected chi connectivity index (χ0v) is 25.2. The van der Waals surface area contributed by atoms with Crippen molar-refractivity contribution >= 4 is 49.9 Å². The molecule has 12 heteroatoms. The van der Waals surface area contributed by atoms with Crippen molar-refractivity contribution in [3.05, 3.63) is 82.9 Å². The van der Waals surface area contributed by atoms with E-state index in [4.69, 9.17) is 4.42 Å². The average molecular weight is 621 g/mol. The lowest BCUT2D eigenvalue weighted by molar-refractivity contribution is -0.125. The fourth-order valence-electron chi connectivity index (χ4n) is 5.98. The molecule has 9 nitrogen and oxygen atoms in total. The Hall–Kier alpha value is -4.58. The van der Waals surface area contributed by atoms with Crippen LogP contribution in [0.3, 0.4) is 0 Å². The number of benzene rings is 3. The number of furan rings is 1. The van der Waals surface area contributed by atoms with Crippen LogP contribution in [0.15, 0.2) is 64.0 Å². The number of amides is 2.